The van der Waals surface area contributed by atoms with E-state index in [1.54, 1.807) is 42.5 Å². The van der Waals surface area contributed by atoms with Crippen molar-refractivity contribution in [1.82, 2.24) is 0 Å². The van der Waals surface area contributed by atoms with Gasteiger partial charge in [-0.15, -0.1) is 0 Å². The minimum atomic E-state index is -3.29. The van der Waals surface area contributed by atoms with Gasteiger partial charge in [-0.05, 0) is 49.2 Å². The number of anilines is 1. The zero-order valence-electron chi connectivity index (χ0n) is 15.2. The first-order valence-electron chi connectivity index (χ1n) is 8.90. The SMILES string of the molecule is COc1ccccc1OCC(=O)Nc1ccc(S(=O)(=O)C2CCCC2)cc1. The number of carbonyl (C=O) groups is 1. The van der Waals surface area contributed by atoms with Crippen molar-refractivity contribution in [3.05, 3.63) is 48.5 Å². The van der Waals surface area contributed by atoms with E-state index >= 15 is 0 Å². The monoisotopic (exact) mass is 389 g/mol. The normalized spacial score (nSPS) is 14.7. The summed E-state index contributed by atoms with van der Waals surface area (Å²) in [5.74, 6) is 0.687. The van der Waals surface area contributed by atoms with Crippen LogP contribution in [0.4, 0.5) is 5.69 Å². The molecule has 0 aromatic heterocycles. The highest BCUT2D eigenvalue weighted by molar-refractivity contribution is 7.92. The van der Waals surface area contributed by atoms with Crippen LogP contribution >= 0.6 is 0 Å². The van der Waals surface area contributed by atoms with Gasteiger partial charge in [-0.2, -0.15) is 0 Å². The third-order valence-electron chi connectivity index (χ3n) is 4.64. The predicted octanol–water partition coefficient (Wildman–Crippen LogP) is 3.43. The molecule has 3 rings (SSSR count). The van der Waals surface area contributed by atoms with Crippen LogP contribution in [0.25, 0.3) is 0 Å². The number of nitrogens with one attached hydrogen (secondary N) is 1. The van der Waals surface area contributed by atoms with Crippen LogP contribution in [0, 0.1) is 0 Å². The van der Waals surface area contributed by atoms with Crippen molar-refractivity contribution in [3.63, 3.8) is 0 Å². The first-order valence-corrected chi connectivity index (χ1v) is 10.4. The van der Waals surface area contributed by atoms with E-state index in [1.165, 1.54) is 7.11 Å². The van der Waals surface area contributed by atoms with Crippen molar-refractivity contribution in [2.45, 2.75) is 35.8 Å². The van der Waals surface area contributed by atoms with E-state index in [9.17, 15) is 13.2 Å². The second-order valence-corrected chi connectivity index (χ2v) is 8.69. The summed E-state index contributed by atoms with van der Waals surface area (Å²) in [7, 11) is -1.76. The number of methoxy groups -OCH3 is 1. The van der Waals surface area contributed by atoms with E-state index in [2.05, 4.69) is 5.32 Å². The lowest BCUT2D eigenvalue weighted by Gasteiger charge is -2.12. The third kappa shape index (κ3) is 4.60. The summed E-state index contributed by atoms with van der Waals surface area (Å²) in [6.45, 7) is -0.178. The van der Waals surface area contributed by atoms with Gasteiger partial charge in [-0.25, -0.2) is 8.42 Å². The van der Waals surface area contributed by atoms with Crippen LogP contribution in [0.5, 0.6) is 11.5 Å². The lowest BCUT2D eigenvalue weighted by molar-refractivity contribution is -0.118. The fourth-order valence-corrected chi connectivity index (χ4v) is 5.05. The van der Waals surface area contributed by atoms with Crippen molar-refractivity contribution >= 4 is 21.4 Å². The Kier molecular flexibility index (Phi) is 6.01. The number of para-hydroxylation sites is 2. The Balaban J connectivity index is 1.58. The van der Waals surface area contributed by atoms with Crippen LogP contribution in [0.3, 0.4) is 0 Å². The molecule has 1 N–H and O–H groups in total. The van der Waals surface area contributed by atoms with Gasteiger partial charge in [0.2, 0.25) is 0 Å². The van der Waals surface area contributed by atoms with E-state index in [0.717, 1.165) is 25.7 Å². The maximum Gasteiger partial charge on any atom is 0.262 e. The zero-order valence-corrected chi connectivity index (χ0v) is 16.0. The Labute approximate surface area is 159 Å². The summed E-state index contributed by atoms with van der Waals surface area (Å²) in [5.41, 5.74) is 0.522. The minimum Gasteiger partial charge on any atom is -0.493 e. The summed E-state index contributed by atoms with van der Waals surface area (Å²) in [5, 5.41) is 2.41. The lowest BCUT2D eigenvalue weighted by Crippen LogP contribution is -2.20. The summed E-state index contributed by atoms with van der Waals surface area (Å²) < 4.78 is 35.8. The number of carbonyl (C=O) groups excluding carboxylic acids is 1. The Morgan fingerprint density at radius 2 is 1.67 bits per heavy atom. The van der Waals surface area contributed by atoms with E-state index in [1.807, 2.05) is 6.07 Å². The molecule has 0 heterocycles. The van der Waals surface area contributed by atoms with Gasteiger partial charge < -0.3 is 14.8 Å². The zero-order chi connectivity index (χ0) is 19.3. The summed E-state index contributed by atoms with van der Waals surface area (Å²) in [6, 6.07) is 13.4. The van der Waals surface area contributed by atoms with E-state index < -0.39 is 9.84 Å². The molecule has 0 spiro atoms. The number of rotatable bonds is 7. The molecule has 1 amide bonds. The molecule has 0 saturated heterocycles. The van der Waals surface area contributed by atoms with E-state index in [-0.39, 0.29) is 17.8 Å². The molecule has 6 nitrogen and oxygen atoms in total. The van der Waals surface area contributed by atoms with Gasteiger partial charge in [0, 0.05) is 5.69 Å². The molecule has 1 fully saturated rings. The smallest absolute Gasteiger partial charge is 0.262 e. The van der Waals surface area contributed by atoms with Crippen molar-refractivity contribution in [1.29, 1.82) is 0 Å². The van der Waals surface area contributed by atoms with Crippen molar-refractivity contribution in [2.24, 2.45) is 0 Å². The van der Waals surface area contributed by atoms with Crippen LogP contribution in [-0.2, 0) is 14.6 Å². The number of amides is 1. The van der Waals surface area contributed by atoms with Gasteiger partial charge in [0.15, 0.2) is 27.9 Å². The van der Waals surface area contributed by atoms with Gasteiger partial charge in [0.05, 0.1) is 17.3 Å². The van der Waals surface area contributed by atoms with Crippen LogP contribution < -0.4 is 14.8 Å². The van der Waals surface area contributed by atoms with Gasteiger partial charge in [0.25, 0.3) is 5.91 Å². The first kappa shape index (κ1) is 19.2. The molecule has 144 valence electrons. The largest absolute Gasteiger partial charge is 0.493 e. The van der Waals surface area contributed by atoms with Crippen molar-refractivity contribution in [2.75, 3.05) is 19.0 Å². The Morgan fingerprint density at radius 1 is 1.04 bits per heavy atom. The molecule has 1 aliphatic carbocycles. The average molecular weight is 389 g/mol. The number of benzene rings is 2. The van der Waals surface area contributed by atoms with Crippen LogP contribution in [0.2, 0.25) is 0 Å². The second kappa shape index (κ2) is 8.43. The second-order valence-electron chi connectivity index (χ2n) is 6.46. The molecule has 0 radical (unpaired) electrons. The molecule has 0 bridgehead atoms. The highest BCUT2D eigenvalue weighted by atomic mass is 32.2. The Hall–Kier alpha value is -2.54. The summed E-state index contributed by atoms with van der Waals surface area (Å²) in [6.07, 6.45) is 3.37. The molecule has 2 aromatic rings. The van der Waals surface area contributed by atoms with Gasteiger partial charge in [-0.1, -0.05) is 25.0 Å². The maximum atomic E-state index is 12.6. The van der Waals surface area contributed by atoms with Gasteiger partial charge in [0.1, 0.15) is 0 Å². The summed E-state index contributed by atoms with van der Waals surface area (Å²) >= 11 is 0. The van der Waals surface area contributed by atoms with Crippen molar-refractivity contribution in [3.8, 4) is 11.5 Å². The number of ether oxygens (including phenoxy) is 2. The quantitative estimate of drug-likeness (QED) is 0.785. The predicted molar refractivity (Wildman–Crippen MR) is 103 cm³/mol. The highest BCUT2D eigenvalue weighted by Gasteiger charge is 2.30. The molecular formula is C20H23NO5S. The molecule has 0 atom stereocenters. The fourth-order valence-electron chi connectivity index (χ4n) is 3.20. The topological polar surface area (TPSA) is 81.7 Å². The number of sulfone groups is 1. The van der Waals surface area contributed by atoms with E-state index in [0.29, 0.717) is 22.1 Å². The van der Waals surface area contributed by atoms with Crippen LogP contribution in [0.15, 0.2) is 53.4 Å². The fraction of sp³-hybridized carbons (Fsp3) is 0.350. The molecule has 1 aliphatic rings. The van der Waals surface area contributed by atoms with E-state index in [4.69, 9.17) is 9.47 Å². The Bertz CT molecular complexity index is 887. The molecule has 27 heavy (non-hydrogen) atoms. The maximum absolute atomic E-state index is 12.6. The summed E-state index contributed by atoms with van der Waals surface area (Å²) in [4.78, 5) is 12.4. The van der Waals surface area contributed by atoms with Gasteiger partial charge in [-0.3, -0.25) is 4.79 Å². The van der Waals surface area contributed by atoms with Crippen molar-refractivity contribution < 1.29 is 22.7 Å². The molecule has 7 heteroatoms. The Morgan fingerprint density at radius 3 is 2.30 bits per heavy atom. The third-order valence-corrected chi connectivity index (χ3v) is 6.91. The standard InChI is InChI=1S/C20H23NO5S/c1-25-18-8-4-5-9-19(18)26-14-20(22)21-15-10-12-17(13-11-15)27(23,24)16-6-2-3-7-16/h4-5,8-13,16H,2-3,6-7,14H2,1H3,(H,21,22). The minimum absolute atomic E-state index is 0.178. The van der Waals surface area contributed by atoms with Crippen LogP contribution in [-0.4, -0.2) is 33.3 Å². The van der Waals surface area contributed by atoms with Gasteiger partial charge >= 0.3 is 0 Å². The molecule has 0 unspecified atom stereocenters. The number of hydrogen-bond donors (Lipinski definition) is 1. The molecule has 2 aromatic carbocycles. The van der Waals surface area contributed by atoms with Crippen LogP contribution in [0.1, 0.15) is 25.7 Å². The average Bonchev–Trinajstić information content (AvgIpc) is 3.23. The molecule has 0 aliphatic heterocycles. The lowest BCUT2D eigenvalue weighted by atomic mass is 10.3. The number of hydrogen-bond acceptors (Lipinski definition) is 5. The first-order chi connectivity index (χ1) is 13.0. The molecular weight excluding hydrogens is 366 g/mol. The molecule has 1 saturated carbocycles. The highest BCUT2D eigenvalue weighted by Crippen LogP contribution is 2.30.